The fourth-order valence-corrected chi connectivity index (χ4v) is 3.43. The van der Waals surface area contributed by atoms with E-state index in [4.69, 9.17) is 16.3 Å². The van der Waals surface area contributed by atoms with Crippen LogP contribution in [0.2, 0.25) is 5.02 Å². The van der Waals surface area contributed by atoms with Gasteiger partial charge in [-0.3, -0.25) is 4.79 Å². The van der Waals surface area contributed by atoms with Gasteiger partial charge in [0.15, 0.2) is 0 Å². The summed E-state index contributed by atoms with van der Waals surface area (Å²) in [6.45, 7) is 0.841. The maximum absolute atomic E-state index is 12.1. The number of carbonyl (C=O) groups is 1. The van der Waals surface area contributed by atoms with Crippen LogP contribution in [0.3, 0.4) is 0 Å². The van der Waals surface area contributed by atoms with Crippen LogP contribution in [0.15, 0.2) is 48.5 Å². The Morgan fingerprint density at radius 2 is 1.63 bits per heavy atom. The molecule has 5 heteroatoms. The van der Waals surface area contributed by atoms with E-state index in [9.17, 15) is 4.79 Å². The lowest BCUT2D eigenvalue weighted by Gasteiger charge is -2.16. The van der Waals surface area contributed by atoms with Crippen molar-refractivity contribution < 1.29 is 9.53 Å². The first-order chi connectivity index (χ1) is 13.2. The number of nitrogens with one attached hydrogen (secondary N) is 2. The average Bonchev–Trinajstić information content (AvgIpc) is 2.96. The minimum absolute atomic E-state index is 0.00548. The number of hydrogen-bond acceptors (Lipinski definition) is 3. The maximum atomic E-state index is 12.1. The Labute approximate surface area is 166 Å². The van der Waals surface area contributed by atoms with Crippen molar-refractivity contribution in [2.45, 2.75) is 51.2 Å². The van der Waals surface area contributed by atoms with E-state index in [1.54, 1.807) is 0 Å². The summed E-state index contributed by atoms with van der Waals surface area (Å²) in [5, 5.41) is 7.04. The largest absolute Gasteiger partial charge is 0.489 e. The Morgan fingerprint density at radius 3 is 2.30 bits per heavy atom. The number of anilines is 1. The molecule has 0 unspecified atom stereocenters. The lowest BCUT2D eigenvalue weighted by molar-refractivity contribution is -0.115. The summed E-state index contributed by atoms with van der Waals surface area (Å²) in [5.41, 5.74) is 1.84. The second kappa shape index (κ2) is 10.3. The summed E-state index contributed by atoms with van der Waals surface area (Å²) >= 11 is 5.88. The Morgan fingerprint density at radius 1 is 0.963 bits per heavy atom. The van der Waals surface area contributed by atoms with Crippen molar-refractivity contribution in [1.82, 2.24) is 5.32 Å². The van der Waals surface area contributed by atoms with Crippen molar-refractivity contribution in [3.8, 4) is 5.75 Å². The van der Waals surface area contributed by atoms with E-state index >= 15 is 0 Å². The maximum Gasteiger partial charge on any atom is 0.238 e. The van der Waals surface area contributed by atoms with Crippen molar-refractivity contribution in [1.29, 1.82) is 0 Å². The topological polar surface area (TPSA) is 50.4 Å². The Kier molecular flexibility index (Phi) is 7.55. The van der Waals surface area contributed by atoms with Crippen LogP contribution in [0.25, 0.3) is 0 Å². The highest BCUT2D eigenvalue weighted by atomic mass is 35.5. The highest BCUT2D eigenvalue weighted by Gasteiger charge is 2.13. The van der Waals surface area contributed by atoms with Gasteiger partial charge in [0.1, 0.15) is 12.4 Å². The van der Waals surface area contributed by atoms with E-state index in [1.165, 1.54) is 38.5 Å². The zero-order valence-electron chi connectivity index (χ0n) is 15.5. The summed E-state index contributed by atoms with van der Waals surface area (Å²) < 4.78 is 5.76. The van der Waals surface area contributed by atoms with E-state index in [-0.39, 0.29) is 5.91 Å². The van der Waals surface area contributed by atoms with E-state index in [2.05, 4.69) is 10.6 Å². The molecular weight excluding hydrogens is 360 g/mol. The number of carbonyl (C=O) groups excluding carboxylic acids is 1. The molecule has 2 aromatic rings. The average molecular weight is 387 g/mol. The van der Waals surface area contributed by atoms with E-state index in [0.717, 1.165) is 17.0 Å². The highest BCUT2D eigenvalue weighted by molar-refractivity contribution is 6.30. The van der Waals surface area contributed by atoms with Crippen molar-refractivity contribution in [3.05, 3.63) is 59.1 Å². The third-order valence-corrected chi connectivity index (χ3v) is 5.12. The minimum atomic E-state index is -0.00548. The molecule has 1 aliphatic rings. The van der Waals surface area contributed by atoms with Gasteiger partial charge in [0.25, 0.3) is 0 Å². The number of hydrogen-bond donors (Lipinski definition) is 2. The third kappa shape index (κ3) is 6.89. The van der Waals surface area contributed by atoms with Gasteiger partial charge in [-0.05, 0) is 54.8 Å². The molecule has 1 fully saturated rings. The second-order valence-electron chi connectivity index (χ2n) is 7.06. The van der Waals surface area contributed by atoms with Gasteiger partial charge in [-0.1, -0.05) is 49.4 Å². The van der Waals surface area contributed by atoms with Crippen LogP contribution < -0.4 is 15.4 Å². The monoisotopic (exact) mass is 386 g/mol. The zero-order chi connectivity index (χ0) is 18.9. The highest BCUT2D eigenvalue weighted by Crippen LogP contribution is 2.19. The van der Waals surface area contributed by atoms with Crippen molar-refractivity contribution in [2.75, 3.05) is 11.9 Å². The Balaban J connectivity index is 1.41. The van der Waals surface area contributed by atoms with Crippen LogP contribution in [0.4, 0.5) is 5.69 Å². The zero-order valence-corrected chi connectivity index (χ0v) is 16.3. The van der Waals surface area contributed by atoms with Gasteiger partial charge in [0.05, 0.1) is 6.54 Å². The van der Waals surface area contributed by atoms with Crippen LogP contribution in [-0.4, -0.2) is 18.5 Å². The fraction of sp³-hybridized carbons (Fsp3) is 0.409. The number of ether oxygens (including phenoxy) is 1. The summed E-state index contributed by atoms with van der Waals surface area (Å²) in [5.74, 6) is 0.758. The molecule has 3 rings (SSSR count). The number of halogens is 1. The normalized spacial score (nSPS) is 15.1. The molecule has 27 heavy (non-hydrogen) atoms. The van der Waals surface area contributed by atoms with Crippen LogP contribution >= 0.6 is 11.6 Å². The third-order valence-electron chi connectivity index (χ3n) is 4.86. The molecule has 0 saturated heterocycles. The molecule has 0 radical (unpaired) electrons. The van der Waals surface area contributed by atoms with Gasteiger partial charge in [-0.25, -0.2) is 0 Å². The lowest BCUT2D eigenvalue weighted by atomic mass is 10.1. The quantitative estimate of drug-likeness (QED) is 0.645. The number of amides is 1. The first kappa shape index (κ1) is 19.7. The molecule has 1 saturated carbocycles. The lowest BCUT2D eigenvalue weighted by Crippen LogP contribution is -2.35. The molecule has 0 aromatic heterocycles. The molecule has 0 bridgehead atoms. The van der Waals surface area contributed by atoms with Crippen molar-refractivity contribution in [3.63, 3.8) is 0 Å². The van der Waals surface area contributed by atoms with E-state index < -0.39 is 0 Å². The SMILES string of the molecule is O=C(CNC1CCCCCC1)Nc1ccc(OCc2ccc(Cl)cc2)cc1. The molecule has 0 heterocycles. The van der Waals surface area contributed by atoms with Gasteiger partial charge in [0, 0.05) is 16.8 Å². The molecule has 0 aliphatic heterocycles. The van der Waals surface area contributed by atoms with Gasteiger partial charge in [0.2, 0.25) is 5.91 Å². The molecule has 2 aromatic carbocycles. The summed E-state index contributed by atoms with van der Waals surface area (Å²) in [6.07, 6.45) is 7.50. The van der Waals surface area contributed by atoms with Crippen LogP contribution in [-0.2, 0) is 11.4 Å². The first-order valence-corrected chi connectivity index (χ1v) is 10.1. The standard InChI is InChI=1S/C22H27ClN2O2/c23-18-9-7-17(8-10-18)16-27-21-13-11-20(12-14-21)25-22(26)15-24-19-5-3-1-2-4-6-19/h7-14,19,24H,1-6,15-16H2,(H,25,26). The van der Waals surface area contributed by atoms with Crippen molar-refractivity contribution in [2.24, 2.45) is 0 Å². The molecule has 0 spiro atoms. The van der Waals surface area contributed by atoms with Gasteiger partial charge < -0.3 is 15.4 Å². The molecule has 0 atom stereocenters. The second-order valence-corrected chi connectivity index (χ2v) is 7.49. The molecule has 4 nitrogen and oxygen atoms in total. The molecule has 1 amide bonds. The predicted molar refractivity (Wildman–Crippen MR) is 110 cm³/mol. The molecule has 144 valence electrons. The van der Waals surface area contributed by atoms with E-state index in [0.29, 0.717) is 24.2 Å². The van der Waals surface area contributed by atoms with Crippen molar-refractivity contribution >= 4 is 23.2 Å². The molecular formula is C22H27ClN2O2. The minimum Gasteiger partial charge on any atom is -0.489 e. The first-order valence-electron chi connectivity index (χ1n) is 9.69. The summed E-state index contributed by atoms with van der Waals surface area (Å²) in [6, 6.07) is 15.5. The Bertz CT molecular complexity index is 708. The number of benzene rings is 2. The smallest absolute Gasteiger partial charge is 0.238 e. The van der Waals surface area contributed by atoms with Crippen LogP contribution in [0, 0.1) is 0 Å². The van der Waals surface area contributed by atoms with Crippen LogP contribution in [0.5, 0.6) is 5.75 Å². The van der Waals surface area contributed by atoms with Crippen LogP contribution in [0.1, 0.15) is 44.1 Å². The molecule has 1 aliphatic carbocycles. The van der Waals surface area contributed by atoms with E-state index in [1.807, 2.05) is 48.5 Å². The fourth-order valence-electron chi connectivity index (χ4n) is 3.31. The predicted octanol–water partition coefficient (Wildman–Crippen LogP) is 5.17. The van der Waals surface area contributed by atoms with Gasteiger partial charge >= 0.3 is 0 Å². The number of rotatable bonds is 7. The van der Waals surface area contributed by atoms with Gasteiger partial charge in [-0.2, -0.15) is 0 Å². The Hall–Kier alpha value is -2.04. The summed E-state index contributed by atoms with van der Waals surface area (Å²) in [7, 11) is 0. The molecule has 2 N–H and O–H groups in total. The van der Waals surface area contributed by atoms with Gasteiger partial charge in [-0.15, -0.1) is 0 Å². The summed E-state index contributed by atoms with van der Waals surface area (Å²) in [4.78, 5) is 12.1.